The molecular weight excluding hydrogens is 318 g/mol. The van der Waals surface area contributed by atoms with Crippen molar-refractivity contribution in [3.8, 4) is 0 Å². The molecule has 0 aromatic heterocycles. The first-order valence-corrected chi connectivity index (χ1v) is 11.6. The molecule has 0 radical (unpaired) electrons. The van der Waals surface area contributed by atoms with Gasteiger partial charge in [0.1, 0.15) is 0 Å². The molecule has 0 amide bonds. The molecule has 3 unspecified atom stereocenters. The van der Waals surface area contributed by atoms with Crippen LogP contribution >= 0.6 is 0 Å². The summed E-state index contributed by atoms with van der Waals surface area (Å²) in [4.78, 5) is 8.17. The molecule has 26 heavy (non-hydrogen) atoms. The molecule has 2 heterocycles. The minimum absolute atomic E-state index is 0.470. The molecule has 2 aliphatic rings. The Labute approximate surface area is 164 Å². The van der Waals surface area contributed by atoms with Crippen molar-refractivity contribution in [3.05, 3.63) is 0 Å². The summed E-state index contributed by atoms with van der Waals surface area (Å²) in [5.41, 5.74) is 0.470. The van der Waals surface area contributed by atoms with Gasteiger partial charge in [0.05, 0.1) is 0 Å². The van der Waals surface area contributed by atoms with E-state index in [9.17, 15) is 0 Å². The Kier molecular flexibility index (Phi) is 8.90. The van der Waals surface area contributed by atoms with Gasteiger partial charge >= 0.3 is 0 Å². The second kappa shape index (κ2) is 10.4. The standard InChI is InChI=1S/C23H47N3/c1-7-10-11-23(5,6)19-26-18-21(16-22(26)8-2)20(4)17-25-14-12-24(9-3)13-15-25/h20-22H,7-19H2,1-6H3. The second-order valence-corrected chi connectivity index (χ2v) is 9.97. The van der Waals surface area contributed by atoms with E-state index in [2.05, 4.69) is 56.2 Å². The van der Waals surface area contributed by atoms with Crippen LogP contribution in [0.15, 0.2) is 0 Å². The molecule has 0 saturated carbocycles. The predicted octanol–water partition coefficient (Wildman–Crippen LogP) is 4.58. The Hall–Kier alpha value is -0.120. The number of unbranched alkanes of at least 4 members (excludes halogenated alkanes) is 1. The highest BCUT2D eigenvalue weighted by molar-refractivity contribution is 4.90. The SMILES string of the molecule is CCCCC(C)(C)CN1CC(C(C)CN2CCN(CC)CC2)CC1CC. The number of rotatable bonds is 10. The zero-order chi connectivity index (χ0) is 19.2. The highest BCUT2D eigenvalue weighted by Gasteiger charge is 2.36. The normalized spacial score (nSPS) is 27.9. The average Bonchev–Trinajstić information content (AvgIpc) is 3.03. The van der Waals surface area contributed by atoms with Crippen LogP contribution in [0.3, 0.4) is 0 Å². The van der Waals surface area contributed by atoms with Crippen LogP contribution in [0.1, 0.15) is 73.6 Å². The summed E-state index contributed by atoms with van der Waals surface area (Å²) in [5, 5.41) is 0. The Morgan fingerprint density at radius 1 is 1.00 bits per heavy atom. The maximum absolute atomic E-state index is 2.85. The molecule has 3 nitrogen and oxygen atoms in total. The zero-order valence-corrected chi connectivity index (χ0v) is 18.8. The smallest absolute Gasteiger partial charge is 0.0110 e. The molecule has 0 N–H and O–H groups in total. The third kappa shape index (κ3) is 6.49. The summed E-state index contributed by atoms with van der Waals surface area (Å²) >= 11 is 0. The van der Waals surface area contributed by atoms with Crippen LogP contribution in [0.4, 0.5) is 0 Å². The fourth-order valence-electron chi connectivity index (χ4n) is 5.18. The Morgan fingerprint density at radius 3 is 2.23 bits per heavy atom. The summed E-state index contributed by atoms with van der Waals surface area (Å²) in [6, 6.07) is 0.820. The van der Waals surface area contributed by atoms with E-state index in [1.807, 2.05) is 0 Å². The average molecular weight is 366 g/mol. The number of piperazine rings is 1. The molecule has 3 atom stereocenters. The summed E-state index contributed by atoms with van der Waals surface area (Å²) in [6.07, 6.45) is 6.82. The molecule has 2 rings (SSSR count). The van der Waals surface area contributed by atoms with E-state index >= 15 is 0 Å². The molecule has 0 aliphatic carbocycles. The Morgan fingerprint density at radius 2 is 1.65 bits per heavy atom. The lowest BCUT2D eigenvalue weighted by molar-refractivity contribution is 0.110. The number of likely N-dealkylation sites (N-methyl/N-ethyl adjacent to an activating group) is 1. The third-order valence-electron chi connectivity index (χ3n) is 7.13. The van der Waals surface area contributed by atoms with E-state index in [1.54, 1.807) is 0 Å². The van der Waals surface area contributed by atoms with Gasteiger partial charge in [-0.3, -0.25) is 4.90 Å². The summed E-state index contributed by atoms with van der Waals surface area (Å²) in [6.45, 7) is 24.7. The monoisotopic (exact) mass is 365 g/mol. The van der Waals surface area contributed by atoms with Gasteiger partial charge in [0.25, 0.3) is 0 Å². The van der Waals surface area contributed by atoms with Crippen molar-refractivity contribution in [2.75, 3.05) is 52.4 Å². The van der Waals surface area contributed by atoms with E-state index in [-0.39, 0.29) is 0 Å². The summed E-state index contributed by atoms with van der Waals surface area (Å²) < 4.78 is 0. The Bertz CT molecular complexity index is 387. The first-order chi connectivity index (χ1) is 12.4. The van der Waals surface area contributed by atoms with Crippen LogP contribution in [-0.2, 0) is 0 Å². The molecule has 3 heteroatoms. The van der Waals surface area contributed by atoms with Gasteiger partial charge in [0.15, 0.2) is 0 Å². The van der Waals surface area contributed by atoms with Gasteiger partial charge in [-0.1, -0.05) is 54.4 Å². The van der Waals surface area contributed by atoms with Gasteiger partial charge in [-0.15, -0.1) is 0 Å². The molecule has 0 aromatic carbocycles. The maximum Gasteiger partial charge on any atom is 0.0110 e. The summed E-state index contributed by atoms with van der Waals surface area (Å²) in [5.74, 6) is 1.73. The van der Waals surface area contributed by atoms with E-state index < -0.39 is 0 Å². The van der Waals surface area contributed by atoms with Gasteiger partial charge in [0.2, 0.25) is 0 Å². The number of likely N-dealkylation sites (tertiary alicyclic amines) is 1. The van der Waals surface area contributed by atoms with Crippen molar-refractivity contribution in [1.82, 2.24) is 14.7 Å². The van der Waals surface area contributed by atoms with Crippen molar-refractivity contribution in [3.63, 3.8) is 0 Å². The fraction of sp³-hybridized carbons (Fsp3) is 1.00. The molecule has 2 aliphatic heterocycles. The first kappa shape index (κ1) is 22.2. The fourth-order valence-corrected chi connectivity index (χ4v) is 5.18. The highest BCUT2D eigenvalue weighted by atomic mass is 15.3. The van der Waals surface area contributed by atoms with Gasteiger partial charge in [-0.05, 0) is 43.1 Å². The van der Waals surface area contributed by atoms with Crippen LogP contribution in [-0.4, -0.2) is 73.1 Å². The van der Waals surface area contributed by atoms with Crippen LogP contribution in [0.25, 0.3) is 0 Å². The molecular formula is C23H47N3. The molecule has 2 fully saturated rings. The highest BCUT2D eigenvalue weighted by Crippen LogP contribution is 2.35. The number of hydrogen-bond acceptors (Lipinski definition) is 3. The van der Waals surface area contributed by atoms with Gasteiger partial charge in [0, 0.05) is 51.9 Å². The number of hydrogen-bond donors (Lipinski definition) is 0. The minimum Gasteiger partial charge on any atom is -0.301 e. The lowest BCUT2D eigenvalue weighted by atomic mass is 9.86. The van der Waals surface area contributed by atoms with Crippen LogP contribution in [0.2, 0.25) is 0 Å². The first-order valence-electron chi connectivity index (χ1n) is 11.6. The van der Waals surface area contributed by atoms with Crippen LogP contribution in [0.5, 0.6) is 0 Å². The number of nitrogens with zero attached hydrogens (tertiary/aromatic N) is 3. The van der Waals surface area contributed by atoms with Gasteiger partial charge in [-0.2, -0.15) is 0 Å². The Balaban J connectivity index is 1.83. The van der Waals surface area contributed by atoms with Crippen molar-refractivity contribution >= 4 is 0 Å². The van der Waals surface area contributed by atoms with E-state index in [0.29, 0.717) is 5.41 Å². The summed E-state index contributed by atoms with van der Waals surface area (Å²) in [7, 11) is 0. The van der Waals surface area contributed by atoms with Crippen molar-refractivity contribution in [2.45, 2.75) is 79.7 Å². The van der Waals surface area contributed by atoms with Gasteiger partial charge in [-0.25, -0.2) is 0 Å². The lowest BCUT2D eigenvalue weighted by Crippen LogP contribution is -2.48. The van der Waals surface area contributed by atoms with E-state index in [4.69, 9.17) is 0 Å². The molecule has 0 bridgehead atoms. The molecule has 0 aromatic rings. The van der Waals surface area contributed by atoms with Crippen molar-refractivity contribution < 1.29 is 0 Å². The third-order valence-corrected chi connectivity index (χ3v) is 7.13. The van der Waals surface area contributed by atoms with E-state index in [1.165, 1.54) is 84.5 Å². The molecule has 154 valence electrons. The van der Waals surface area contributed by atoms with Crippen molar-refractivity contribution in [2.24, 2.45) is 17.3 Å². The van der Waals surface area contributed by atoms with Crippen LogP contribution in [0, 0.1) is 17.3 Å². The van der Waals surface area contributed by atoms with Gasteiger partial charge < -0.3 is 9.80 Å². The maximum atomic E-state index is 2.85. The minimum atomic E-state index is 0.470. The molecule has 0 spiro atoms. The van der Waals surface area contributed by atoms with E-state index in [0.717, 1.165) is 17.9 Å². The lowest BCUT2D eigenvalue weighted by Gasteiger charge is -2.36. The largest absolute Gasteiger partial charge is 0.301 e. The predicted molar refractivity (Wildman–Crippen MR) is 115 cm³/mol. The van der Waals surface area contributed by atoms with Crippen molar-refractivity contribution in [1.29, 1.82) is 0 Å². The zero-order valence-electron chi connectivity index (χ0n) is 18.8. The second-order valence-electron chi connectivity index (χ2n) is 9.97. The molecule has 2 saturated heterocycles. The quantitative estimate of drug-likeness (QED) is 0.561. The topological polar surface area (TPSA) is 9.72 Å². The van der Waals surface area contributed by atoms with Crippen LogP contribution < -0.4 is 0 Å².